The number of fused-ring (bicyclic) bond motifs is 1. The Kier molecular flexibility index (Phi) is 5.80. The van der Waals surface area contributed by atoms with Crippen LogP contribution in [0.4, 0.5) is 10.8 Å². The lowest BCUT2D eigenvalue weighted by Gasteiger charge is -2.20. The molecule has 0 unspecified atom stereocenters. The fraction of sp³-hybridized carbons (Fsp3) is 0.0476. The molecule has 3 aromatic carbocycles. The molecular weight excluding hydrogens is 490 g/mol. The second-order valence-electron chi connectivity index (χ2n) is 6.41. The molecule has 0 saturated carbocycles. The van der Waals surface area contributed by atoms with Crippen molar-refractivity contribution in [3.05, 3.63) is 97.5 Å². The minimum absolute atomic E-state index is 0.0576. The lowest BCUT2D eigenvalue weighted by Crippen LogP contribution is -2.30. The highest BCUT2D eigenvalue weighted by Crippen LogP contribution is 2.34. The Balaban J connectivity index is 1.81. The molecule has 30 heavy (non-hydrogen) atoms. The van der Waals surface area contributed by atoms with Crippen molar-refractivity contribution in [2.75, 3.05) is 4.90 Å². The normalized spacial score (nSPS) is 10.9. The van der Waals surface area contributed by atoms with Crippen LogP contribution in [0.1, 0.15) is 15.9 Å². The first-order valence-electron chi connectivity index (χ1n) is 8.78. The average Bonchev–Trinajstić information content (AvgIpc) is 3.15. The summed E-state index contributed by atoms with van der Waals surface area (Å²) in [6.07, 6.45) is 0. The predicted molar refractivity (Wildman–Crippen MR) is 122 cm³/mol. The number of rotatable bonds is 5. The Bertz CT molecular complexity index is 1260. The molecule has 0 aliphatic heterocycles. The molecule has 4 aromatic rings. The first-order valence-corrected chi connectivity index (χ1v) is 10.8. The van der Waals surface area contributed by atoms with Crippen LogP contribution in [0.3, 0.4) is 0 Å². The summed E-state index contributed by atoms with van der Waals surface area (Å²) in [5.74, 6) is -0.453. The molecule has 0 aliphatic rings. The molecule has 0 saturated heterocycles. The zero-order valence-corrected chi connectivity index (χ0v) is 18.4. The van der Waals surface area contributed by atoms with Crippen LogP contribution in [0.15, 0.2) is 71.2 Å². The number of nitro benzene ring substituents is 1. The highest BCUT2D eigenvalue weighted by Gasteiger charge is 2.25. The smallest absolute Gasteiger partial charge is 0.270 e. The second kappa shape index (κ2) is 8.51. The molecule has 150 valence electrons. The van der Waals surface area contributed by atoms with E-state index in [0.717, 1.165) is 20.3 Å². The van der Waals surface area contributed by atoms with Crippen LogP contribution in [-0.4, -0.2) is 15.8 Å². The van der Waals surface area contributed by atoms with E-state index < -0.39 is 10.8 Å². The number of carbonyl (C=O) groups excluding carboxylic acids is 1. The first kappa shape index (κ1) is 20.5. The van der Waals surface area contributed by atoms with E-state index in [-0.39, 0.29) is 22.8 Å². The lowest BCUT2D eigenvalue weighted by atomic mass is 10.1. The molecule has 0 aliphatic carbocycles. The molecule has 0 atom stereocenters. The number of halogens is 2. The number of nitro groups is 1. The van der Waals surface area contributed by atoms with Gasteiger partial charge in [0.2, 0.25) is 0 Å². The molecule has 0 bridgehead atoms. The molecule has 0 N–H and O–H groups in total. The number of nitrogens with zero attached hydrogens (tertiary/aromatic N) is 3. The summed E-state index contributed by atoms with van der Waals surface area (Å²) >= 11 is 11.0. The van der Waals surface area contributed by atoms with Crippen LogP contribution >= 0.6 is 38.9 Å². The highest BCUT2D eigenvalue weighted by atomic mass is 79.9. The summed E-state index contributed by atoms with van der Waals surface area (Å²) in [6, 6.07) is 19.0. The molecule has 1 amide bonds. The van der Waals surface area contributed by atoms with Gasteiger partial charge >= 0.3 is 0 Å². The van der Waals surface area contributed by atoms with Gasteiger partial charge in [0.1, 0.15) is 0 Å². The van der Waals surface area contributed by atoms with Gasteiger partial charge < -0.3 is 0 Å². The number of hydrogen-bond acceptors (Lipinski definition) is 5. The van der Waals surface area contributed by atoms with Crippen LogP contribution in [0.5, 0.6) is 0 Å². The van der Waals surface area contributed by atoms with Gasteiger partial charge in [-0.1, -0.05) is 69.2 Å². The molecule has 9 heteroatoms. The first-order chi connectivity index (χ1) is 14.4. The standard InChI is InChI=1S/C21H13BrClN3O3S/c22-14-6-9-18-19(10-14)30-21(24-18)25(12-13-4-2-1-3-5-13)20(27)16-11-15(26(28)29)7-8-17(16)23/h1-11H,12H2. The number of carbonyl (C=O) groups is 1. The van der Waals surface area contributed by atoms with Gasteiger partial charge in [-0.25, -0.2) is 4.98 Å². The molecule has 4 rings (SSSR count). The van der Waals surface area contributed by atoms with Gasteiger partial charge in [-0.05, 0) is 29.8 Å². The maximum atomic E-state index is 13.5. The third-order valence-corrected chi connectivity index (χ3v) is 6.25. The number of aromatic nitrogens is 1. The fourth-order valence-corrected chi connectivity index (χ4v) is 4.64. The van der Waals surface area contributed by atoms with Gasteiger partial charge in [0.25, 0.3) is 11.6 Å². The monoisotopic (exact) mass is 501 g/mol. The van der Waals surface area contributed by atoms with Crippen LogP contribution in [0.2, 0.25) is 5.02 Å². The molecule has 0 fully saturated rings. The van der Waals surface area contributed by atoms with Crippen molar-refractivity contribution < 1.29 is 9.72 Å². The van der Waals surface area contributed by atoms with Crippen molar-refractivity contribution in [1.29, 1.82) is 0 Å². The predicted octanol–water partition coefficient (Wildman–Crippen LogP) is 6.47. The summed E-state index contributed by atoms with van der Waals surface area (Å²) in [4.78, 5) is 30.2. The second-order valence-corrected chi connectivity index (χ2v) is 8.74. The fourth-order valence-electron chi connectivity index (χ4n) is 2.93. The Morgan fingerprint density at radius 2 is 1.90 bits per heavy atom. The Hall–Kier alpha value is -2.81. The SMILES string of the molecule is O=C(c1cc([N+](=O)[O-])ccc1Cl)N(Cc1ccccc1)c1nc2ccc(Br)cc2s1. The van der Waals surface area contributed by atoms with Crippen LogP contribution in [0, 0.1) is 10.1 Å². The van der Waals surface area contributed by atoms with Crippen molar-refractivity contribution in [3.63, 3.8) is 0 Å². The summed E-state index contributed by atoms with van der Waals surface area (Å²) in [5, 5.41) is 11.8. The zero-order valence-electron chi connectivity index (χ0n) is 15.3. The number of amides is 1. The van der Waals surface area contributed by atoms with E-state index >= 15 is 0 Å². The summed E-state index contributed by atoms with van der Waals surface area (Å²) in [5.41, 5.74) is 1.51. The third kappa shape index (κ3) is 4.21. The van der Waals surface area contributed by atoms with Crippen molar-refractivity contribution >= 4 is 65.8 Å². The summed E-state index contributed by atoms with van der Waals surface area (Å²) in [7, 11) is 0. The van der Waals surface area contributed by atoms with E-state index in [4.69, 9.17) is 11.6 Å². The van der Waals surface area contributed by atoms with E-state index in [1.165, 1.54) is 34.4 Å². The van der Waals surface area contributed by atoms with Crippen LogP contribution in [-0.2, 0) is 6.54 Å². The molecule has 1 heterocycles. The minimum Gasteiger partial charge on any atom is -0.279 e. The van der Waals surface area contributed by atoms with Crippen molar-refractivity contribution in [3.8, 4) is 0 Å². The topological polar surface area (TPSA) is 76.3 Å². The van der Waals surface area contributed by atoms with Gasteiger partial charge in [0.15, 0.2) is 5.13 Å². The Labute approximate surface area is 189 Å². The maximum Gasteiger partial charge on any atom is 0.270 e. The lowest BCUT2D eigenvalue weighted by molar-refractivity contribution is -0.384. The number of non-ortho nitro benzene ring substituents is 1. The molecule has 6 nitrogen and oxygen atoms in total. The minimum atomic E-state index is -0.552. The van der Waals surface area contributed by atoms with Gasteiger partial charge in [0, 0.05) is 16.6 Å². The van der Waals surface area contributed by atoms with Crippen molar-refractivity contribution in [2.24, 2.45) is 0 Å². The number of thiazole rings is 1. The Morgan fingerprint density at radius 1 is 1.13 bits per heavy atom. The van der Waals surface area contributed by atoms with Crippen LogP contribution in [0.25, 0.3) is 10.2 Å². The van der Waals surface area contributed by atoms with Gasteiger partial charge in [0.05, 0.1) is 32.3 Å². The number of benzene rings is 3. The maximum absolute atomic E-state index is 13.5. The van der Waals surface area contributed by atoms with Gasteiger partial charge in [-0.3, -0.25) is 19.8 Å². The largest absolute Gasteiger partial charge is 0.279 e. The zero-order chi connectivity index (χ0) is 21.3. The van der Waals surface area contributed by atoms with E-state index in [1.807, 2.05) is 48.5 Å². The van der Waals surface area contributed by atoms with Crippen molar-refractivity contribution in [2.45, 2.75) is 6.54 Å². The summed E-state index contributed by atoms with van der Waals surface area (Å²) < 4.78 is 1.82. The molecular formula is C21H13BrClN3O3S. The number of anilines is 1. The third-order valence-electron chi connectivity index (χ3n) is 4.39. The molecule has 1 aromatic heterocycles. The van der Waals surface area contributed by atoms with Crippen LogP contribution < -0.4 is 4.90 Å². The van der Waals surface area contributed by atoms with Gasteiger partial charge in [-0.2, -0.15) is 0 Å². The van der Waals surface area contributed by atoms with E-state index in [2.05, 4.69) is 20.9 Å². The van der Waals surface area contributed by atoms with E-state index in [1.54, 1.807) is 0 Å². The quantitative estimate of drug-likeness (QED) is 0.231. The molecule has 0 radical (unpaired) electrons. The summed E-state index contributed by atoms with van der Waals surface area (Å²) in [6.45, 7) is 0.250. The van der Waals surface area contributed by atoms with Gasteiger partial charge in [-0.15, -0.1) is 0 Å². The average molecular weight is 503 g/mol. The molecule has 0 spiro atoms. The van der Waals surface area contributed by atoms with E-state index in [0.29, 0.717) is 5.13 Å². The van der Waals surface area contributed by atoms with Crippen molar-refractivity contribution in [1.82, 2.24) is 4.98 Å². The Morgan fingerprint density at radius 3 is 2.63 bits per heavy atom. The number of hydrogen-bond donors (Lipinski definition) is 0. The highest BCUT2D eigenvalue weighted by molar-refractivity contribution is 9.10. The van der Waals surface area contributed by atoms with E-state index in [9.17, 15) is 14.9 Å².